The average Bonchev–Trinajstić information content (AvgIpc) is 3.09. The molecule has 0 bridgehead atoms. The summed E-state index contributed by atoms with van der Waals surface area (Å²) in [6.45, 7) is 0. The van der Waals surface area contributed by atoms with Crippen LogP contribution < -0.4 is 14.8 Å². The highest BCUT2D eigenvalue weighted by Gasteiger charge is 2.35. The van der Waals surface area contributed by atoms with Crippen LogP contribution in [0.2, 0.25) is 0 Å². The standard InChI is InChI=1S/C11H9N6O4S/c1-15-8(5-7-6-14-11(22-7)17(19)20)9(18)16(21-15)10-12-3-2-4-13-10/h2-6H,1H3,(H-,14,18,19,20)/q-1. The van der Waals surface area contributed by atoms with Gasteiger partial charge in [0, 0.05) is 19.4 Å². The molecule has 3 rings (SSSR count). The Labute approximate surface area is 127 Å². The van der Waals surface area contributed by atoms with Gasteiger partial charge in [0.15, 0.2) is 0 Å². The predicted molar refractivity (Wildman–Crippen MR) is 77.0 cm³/mol. The first kappa shape index (κ1) is 14.0. The van der Waals surface area contributed by atoms with Crippen molar-refractivity contribution in [3.05, 3.63) is 50.4 Å². The molecule has 1 aliphatic rings. The van der Waals surface area contributed by atoms with E-state index in [-0.39, 0.29) is 16.4 Å². The van der Waals surface area contributed by atoms with E-state index in [1.165, 1.54) is 29.7 Å². The van der Waals surface area contributed by atoms with Crippen molar-refractivity contribution < 1.29 is 9.73 Å². The Morgan fingerprint density at radius 1 is 1.41 bits per heavy atom. The van der Waals surface area contributed by atoms with E-state index in [1.54, 1.807) is 13.1 Å². The minimum Gasteiger partial charge on any atom is -0.711 e. The number of carbonyl (C=O) groups is 1. The zero-order valence-corrected chi connectivity index (χ0v) is 12.0. The number of nitrogens with zero attached hydrogens (tertiary/aromatic N) is 5. The van der Waals surface area contributed by atoms with Crippen LogP contribution in [0.15, 0.2) is 30.4 Å². The number of hydroxylamine groups is 3. The number of hydrogen-bond donors (Lipinski definition) is 1. The maximum atomic E-state index is 12.3. The SMILES string of the molecule is CN1ON(c2ncccn2)C(=O)C1=Cc1c[nH]c(=[N+]([O-])[O-])s1. The van der Waals surface area contributed by atoms with E-state index in [4.69, 9.17) is 4.94 Å². The second-order valence-electron chi connectivity index (χ2n) is 4.11. The van der Waals surface area contributed by atoms with E-state index in [0.717, 1.165) is 16.4 Å². The summed E-state index contributed by atoms with van der Waals surface area (Å²) in [7, 11) is 1.54. The Kier molecular flexibility index (Phi) is 3.48. The third-order valence-electron chi connectivity index (χ3n) is 2.68. The van der Waals surface area contributed by atoms with Crippen LogP contribution in [0.25, 0.3) is 6.08 Å². The zero-order chi connectivity index (χ0) is 15.7. The number of rotatable bonds is 2. The highest BCUT2D eigenvalue weighted by Crippen LogP contribution is 2.24. The van der Waals surface area contributed by atoms with Gasteiger partial charge in [-0.3, -0.25) is 9.70 Å². The monoisotopic (exact) mass is 321 g/mol. The van der Waals surface area contributed by atoms with Gasteiger partial charge in [-0.25, -0.2) is 20.0 Å². The highest BCUT2D eigenvalue weighted by molar-refractivity contribution is 7.10. The van der Waals surface area contributed by atoms with Crippen molar-refractivity contribution >= 4 is 29.3 Å². The molecule has 22 heavy (non-hydrogen) atoms. The number of aromatic nitrogens is 3. The number of nitrogens with one attached hydrogen (secondary N) is 1. The molecule has 0 aliphatic carbocycles. The van der Waals surface area contributed by atoms with Gasteiger partial charge in [-0.1, -0.05) is 0 Å². The van der Waals surface area contributed by atoms with Crippen molar-refractivity contribution in [1.82, 2.24) is 24.9 Å². The molecule has 1 fully saturated rings. The van der Waals surface area contributed by atoms with Crippen LogP contribution in [-0.4, -0.2) is 33.0 Å². The zero-order valence-electron chi connectivity index (χ0n) is 11.2. The molecule has 0 spiro atoms. The summed E-state index contributed by atoms with van der Waals surface area (Å²) in [6, 6.07) is 1.62. The van der Waals surface area contributed by atoms with E-state index in [2.05, 4.69) is 15.0 Å². The molecule has 2 aromatic rings. The van der Waals surface area contributed by atoms with Gasteiger partial charge in [0.05, 0.1) is 4.88 Å². The van der Waals surface area contributed by atoms with Crippen molar-refractivity contribution in [3.63, 3.8) is 0 Å². The van der Waals surface area contributed by atoms with E-state index < -0.39 is 10.8 Å². The van der Waals surface area contributed by atoms with Gasteiger partial charge in [0.25, 0.3) is 5.95 Å². The van der Waals surface area contributed by atoms with Gasteiger partial charge in [-0.05, 0) is 23.5 Å². The van der Waals surface area contributed by atoms with Crippen molar-refractivity contribution in [2.75, 3.05) is 12.1 Å². The lowest BCUT2D eigenvalue weighted by atomic mass is 10.3. The van der Waals surface area contributed by atoms with Gasteiger partial charge in [-0.15, -0.1) is 10.0 Å². The van der Waals surface area contributed by atoms with Gasteiger partial charge in [0.2, 0.25) is 0 Å². The Bertz CT molecular complexity index is 794. The summed E-state index contributed by atoms with van der Waals surface area (Å²) in [5.74, 6) is -0.365. The maximum absolute atomic E-state index is 12.3. The first-order valence-electron chi connectivity index (χ1n) is 5.97. The average molecular weight is 321 g/mol. The van der Waals surface area contributed by atoms with Gasteiger partial charge >= 0.3 is 10.7 Å². The molecule has 114 valence electrons. The molecule has 1 N–H and O–H groups in total. The third-order valence-corrected chi connectivity index (χ3v) is 3.61. The second-order valence-corrected chi connectivity index (χ2v) is 5.17. The molecule has 2 aromatic heterocycles. The van der Waals surface area contributed by atoms with E-state index in [9.17, 15) is 15.2 Å². The summed E-state index contributed by atoms with van der Waals surface area (Å²) < 4.78 is 0. The van der Waals surface area contributed by atoms with Crippen LogP contribution in [0, 0.1) is 10.4 Å². The normalized spacial score (nSPS) is 16.6. The van der Waals surface area contributed by atoms with Crippen LogP contribution >= 0.6 is 11.3 Å². The van der Waals surface area contributed by atoms with Crippen molar-refractivity contribution in [1.29, 1.82) is 0 Å². The summed E-state index contributed by atoms with van der Waals surface area (Å²) in [5.41, 5.74) is 0.206. The van der Waals surface area contributed by atoms with Crippen LogP contribution in [-0.2, 0) is 9.73 Å². The molecule has 0 saturated carbocycles. The minimum atomic E-state index is -0.534. The quantitative estimate of drug-likeness (QED) is 0.600. The molecule has 0 unspecified atom stereocenters. The van der Waals surface area contributed by atoms with E-state index in [0.29, 0.717) is 4.88 Å². The minimum absolute atomic E-state index is 0.103. The lowest BCUT2D eigenvalue weighted by molar-refractivity contribution is -0.122. The van der Waals surface area contributed by atoms with Crippen LogP contribution in [0.3, 0.4) is 0 Å². The second kappa shape index (κ2) is 5.46. The lowest BCUT2D eigenvalue weighted by Gasteiger charge is -2.11. The largest absolute Gasteiger partial charge is 0.711 e. The number of H-pyrrole nitrogens is 1. The highest BCUT2D eigenvalue weighted by atomic mass is 32.1. The van der Waals surface area contributed by atoms with E-state index in [1.807, 2.05) is 0 Å². The van der Waals surface area contributed by atoms with Gasteiger partial charge < -0.3 is 10.4 Å². The Balaban J connectivity index is 1.93. The number of amides is 1. The predicted octanol–water partition coefficient (Wildman–Crippen LogP) is -0.200. The topological polar surface area (TPSA) is 123 Å². The summed E-state index contributed by atoms with van der Waals surface area (Å²) in [5, 5.41) is 23.5. The molecule has 10 nitrogen and oxygen atoms in total. The number of hydrogen-bond acceptors (Lipinski definition) is 8. The van der Waals surface area contributed by atoms with Crippen molar-refractivity contribution in [2.24, 2.45) is 0 Å². The lowest BCUT2D eigenvalue weighted by Crippen LogP contribution is -2.25. The van der Waals surface area contributed by atoms with Crippen LogP contribution in [0.4, 0.5) is 5.95 Å². The first-order valence-corrected chi connectivity index (χ1v) is 6.79. The Hall–Kier alpha value is -2.92. The molecule has 0 radical (unpaired) electrons. The van der Waals surface area contributed by atoms with Crippen LogP contribution in [0.5, 0.6) is 0 Å². The molecular formula is C11H9N6O4S-. The van der Waals surface area contributed by atoms with Crippen molar-refractivity contribution in [3.8, 4) is 0 Å². The summed E-state index contributed by atoms with van der Waals surface area (Å²) in [4.78, 5) is 27.9. The molecule has 0 aromatic carbocycles. The van der Waals surface area contributed by atoms with Crippen molar-refractivity contribution in [2.45, 2.75) is 0 Å². The molecule has 3 heterocycles. The summed E-state index contributed by atoms with van der Waals surface area (Å²) in [6.07, 6.45) is 5.90. The Morgan fingerprint density at radius 3 is 2.77 bits per heavy atom. The maximum Gasteiger partial charge on any atom is 0.340 e. The fraction of sp³-hybridized carbons (Fsp3) is 0.0909. The smallest absolute Gasteiger partial charge is 0.340 e. The molecule has 1 saturated heterocycles. The molecular weight excluding hydrogens is 312 g/mol. The Morgan fingerprint density at radius 2 is 2.14 bits per heavy atom. The van der Waals surface area contributed by atoms with Gasteiger partial charge in [-0.2, -0.15) is 0 Å². The van der Waals surface area contributed by atoms with E-state index >= 15 is 0 Å². The number of anilines is 1. The van der Waals surface area contributed by atoms with Crippen LogP contribution in [0.1, 0.15) is 4.88 Å². The number of carbonyl (C=O) groups excluding carboxylic acids is 1. The number of likely N-dealkylation sites (N-methyl/N-ethyl adjacent to an activating group) is 1. The number of thiazole rings is 1. The molecule has 1 amide bonds. The first-order chi connectivity index (χ1) is 10.6. The third kappa shape index (κ3) is 2.49. The molecule has 1 aliphatic heterocycles. The summed E-state index contributed by atoms with van der Waals surface area (Å²) >= 11 is 0.914. The molecule has 0 atom stereocenters. The van der Waals surface area contributed by atoms with Gasteiger partial charge in [0.1, 0.15) is 11.9 Å². The number of aromatic amines is 1. The fourth-order valence-corrected chi connectivity index (χ4v) is 2.42. The molecule has 11 heteroatoms. The fourth-order valence-electron chi connectivity index (χ4n) is 1.72.